The number of rotatable bonds is 2. The number of hydrogen-bond donors (Lipinski definition) is 0. The van der Waals surface area contributed by atoms with Crippen LogP contribution in [0.2, 0.25) is 0 Å². The Morgan fingerprint density at radius 3 is 0.855 bits per heavy atom. The summed E-state index contributed by atoms with van der Waals surface area (Å²) in [5, 5.41) is 1.49. The second-order valence-corrected chi connectivity index (χ2v) is 16.1. The van der Waals surface area contributed by atoms with Crippen LogP contribution in [0.25, 0.3) is 85.9 Å². The summed E-state index contributed by atoms with van der Waals surface area (Å²) in [5.74, 6) is 0. The Hall–Kier alpha value is -3.49. The average Bonchev–Trinajstić information content (AvgIpc) is 3.86. The van der Waals surface area contributed by atoms with Gasteiger partial charge in [0.05, 0.1) is 0 Å². The summed E-state index contributed by atoms with van der Waals surface area (Å²) in [7, 11) is 147. The van der Waals surface area contributed by atoms with Crippen molar-refractivity contribution < 1.29 is 4.42 Å². The van der Waals surface area contributed by atoms with E-state index in [1.807, 2.05) is 0 Å². The SMILES string of the molecule is [B]c1c([B])c([B])c2c(oc3c([B])c(-c4c5c([B])c([B])c([B])c([B])c5c(-c5c([B])c([B])c6c(sc7c([B])c([B])c([B])c([B])c76)c5[B])c5c([B])c([B])c([B])c([B])c45)c([B])c([B])c32)c1[B]. The van der Waals surface area contributed by atoms with Gasteiger partial charge >= 0.3 is 0 Å². The summed E-state index contributed by atoms with van der Waals surface area (Å²) in [6, 6.07) is 0. The van der Waals surface area contributed by atoms with Crippen molar-refractivity contribution in [3.8, 4) is 22.3 Å². The van der Waals surface area contributed by atoms with Crippen molar-refractivity contribution in [3.63, 3.8) is 0 Å². The van der Waals surface area contributed by atoms with E-state index in [-0.39, 0.29) is 186 Å². The van der Waals surface area contributed by atoms with Gasteiger partial charge in [-0.1, -0.05) is 71.0 Å². The Bertz CT molecular complexity index is 3340. The molecule has 1 nitrogen and oxygen atoms in total. The molecule has 7 aromatic carbocycles. The number of thiophene rings is 1. The fourth-order valence-electron chi connectivity index (χ4n) is 8.78. The molecule has 2 aromatic heterocycles. The summed E-state index contributed by atoms with van der Waals surface area (Å²) in [6.07, 6.45) is 0. The van der Waals surface area contributed by atoms with E-state index in [0.717, 1.165) is 11.3 Å². The molecule has 0 bridgehead atoms. The van der Waals surface area contributed by atoms with Crippen molar-refractivity contribution >= 4 is 368 Å². The first-order chi connectivity index (χ1) is 29.0. The van der Waals surface area contributed by atoms with Crippen molar-refractivity contribution in [1.29, 1.82) is 0 Å². The molecule has 62 heavy (non-hydrogen) atoms. The minimum absolute atomic E-state index is 0.00765. The Morgan fingerprint density at radius 2 is 0.452 bits per heavy atom. The molecule has 230 valence electrons. The lowest BCUT2D eigenvalue weighted by Gasteiger charge is -2.31. The molecule has 0 fully saturated rings. The van der Waals surface area contributed by atoms with Crippen LogP contribution in [0.4, 0.5) is 0 Å². The maximum atomic E-state index is 7.18. The van der Waals surface area contributed by atoms with Gasteiger partial charge < -0.3 is 4.42 Å². The van der Waals surface area contributed by atoms with Crippen LogP contribution in [-0.2, 0) is 0 Å². The van der Waals surface area contributed by atoms with Gasteiger partial charge in [-0.15, -0.1) is 55.0 Å². The topological polar surface area (TPSA) is 13.1 Å². The van der Waals surface area contributed by atoms with Crippen LogP contribution in [0.1, 0.15) is 0 Å². The first kappa shape index (κ1) is 43.7. The lowest BCUT2D eigenvalue weighted by atomic mass is 9.57. The summed E-state index contributed by atoms with van der Waals surface area (Å²) in [6.45, 7) is 0. The van der Waals surface area contributed by atoms with Crippen molar-refractivity contribution in [2.24, 2.45) is 0 Å². The van der Waals surface area contributed by atoms with E-state index in [0.29, 0.717) is 20.2 Å². The molecular weight excluding hydrogens is 742 g/mol. The highest BCUT2D eigenvalue weighted by molar-refractivity contribution is 7.28. The Balaban J connectivity index is 1.59. The second-order valence-electron chi connectivity index (χ2n) is 15.1. The maximum absolute atomic E-state index is 7.18. The lowest BCUT2D eigenvalue weighted by Crippen LogP contribution is -2.50. The fraction of sp³-hybridized carbons (Fsp3) is 0. The molecule has 0 aliphatic heterocycles. The van der Waals surface area contributed by atoms with Crippen molar-refractivity contribution in [3.05, 3.63) is 0 Å². The van der Waals surface area contributed by atoms with Crippen LogP contribution in [0.3, 0.4) is 0 Å². The van der Waals surface area contributed by atoms with Crippen molar-refractivity contribution in [1.82, 2.24) is 0 Å². The molecule has 0 atom stereocenters. The van der Waals surface area contributed by atoms with Gasteiger partial charge in [0.25, 0.3) is 0 Å². The second kappa shape index (κ2) is 14.5. The van der Waals surface area contributed by atoms with E-state index in [2.05, 4.69) is 0 Å². The van der Waals surface area contributed by atoms with E-state index in [9.17, 15) is 0 Å². The van der Waals surface area contributed by atoms with E-state index in [1.165, 1.54) is 0 Å². The molecule has 9 rings (SSSR count). The largest absolute Gasteiger partial charge is 0.457 e. The molecule has 24 heteroatoms. The van der Waals surface area contributed by atoms with Crippen molar-refractivity contribution in [2.45, 2.75) is 0 Å². The third-order valence-corrected chi connectivity index (χ3v) is 13.3. The van der Waals surface area contributed by atoms with Crippen LogP contribution in [0.15, 0.2) is 4.42 Å². The molecule has 0 aliphatic carbocycles. The summed E-state index contributed by atoms with van der Waals surface area (Å²) >= 11 is 1.14. The third kappa shape index (κ3) is 5.34. The van der Waals surface area contributed by atoms with Crippen molar-refractivity contribution in [2.75, 3.05) is 0 Å². The smallest absolute Gasteiger partial charge is 0.128 e. The predicted molar refractivity (Wildman–Crippen MR) is 291 cm³/mol. The van der Waals surface area contributed by atoms with Crippen LogP contribution in [0.5, 0.6) is 0 Å². The highest BCUT2D eigenvalue weighted by Gasteiger charge is 2.30. The molecule has 0 amide bonds. The van der Waals surface area contributed by atoms with Gasteiger partial charge in [-0.2, -0.15) is 0 Å². The van der Waals surface area contributed by atoms with E-state index in [1.54, 1.807) is 0 Å². The molecule has 2 heterocycles. The number of hydrogen-bond acceptors (Lipinski definition) is 2. The molecular formula is C38B22OS. The van der Waals surface area contributed by atoms with Crippen LogP contribution < -0.4 is 120 Å². The summed E-state index contributed by atoms with van der Waals surface area (Å²) in [5.41, 5.74) is -0.524. The van der Waals surface area contributed by atoms with Crippen LogP contribution >= 0.6 is 11.3 Å². The van der Waals surface area contributed by atoms with E-state index >= 15 is 0 Å². The maximum Gasteiger partial charge on any atom is 0.128 e. The van der Waals surface area contributed by atoms with Gasteiger partial charge in [0, 0.05) is 20.2 Å². The lowest BCUT2D eigenvalue weighted by molar-refractivity contribution is 0.675. The van der Waals surface area contributed by atoms with Gasteiger partial charge in [-0.05, 0) is 60.0 Å². The molecule has 44 radical (unpaired) electrons. The highest BCUT2D eigenvalue weighted by Crippen LogP contribution is 2.41. The van der Waals surface area contributed by atoms with Crippen LogP contribution in [0, 0.1) is 0 Å². The number of fused-ring (bicyclic) bond motifs is 8. The molecule has 0 unspecified atom stereocenters. The zero-order chi connectivity index (χ0) is 45.4. The summed E-state index contributed by atoms with van der Waals surface area (Å²) in [4.78, 5) is 0. The monoisotopic (exact) mass is 746 g/mol. The molecule has 9 aromatic rings. The van der Waals surface area contributed by atoms with Gasteiger partial charge in [-0.3, -0.25) is 0 Å². The fourth-order valence-corrected chi connectivity index (χ4v) is 10.0. The molecule has 0 spiro atoms. The Kier molecular flexibility index (Phi) is 10.2. The normalized spacial score (nSPS) is 12.0. The zero-order valence-electron chi connectivity index (χ0n) is 32.5. The van der Waals surface area contributed by atoms with E-state index in [4.69, 9.17) is 177 Å². The van der Waals surface area contributed by atoms with Gasteiger partial charge in [0.1, 0.15) is 184 Å². The molecule has 0 saturated carbocycles. The molecule has 0 aliphatic rings. The first-order valence-electron chi connectivity index (χ1n) is 18.2. The summed E-state index contributed by atoms with van der Waals surface area (Å²) < 4.78 is 7.13. The standard InChI is InChI=1S/C38B22OS/c39-13-3-1(7-17(43)19(45)9-10-20(46)29(55)31(57)33(59)36(10)61-35(9)23(7)49)4-6(16(42)28(54)26(52)14(4)40)2(5(3)15(41)27(53)25(13)51)8-18(44)21(47)11-12-22(48)30(56)32(58)34(60)38(12)62-37(11)24(8)50. The molecule has 0 saturated heterocycles. The number of furan rings is 1. The highest BCUT2D eigenvalue weighted by atomic mass is 32.1. The van der Waals surface area contributed by atoms with E-state index < -0.39 is 0 Å². The zero-order valence-corrected chi connectivity index (χ0v) is 33.3. The van der Waals surface area contributed by atoms with Gasteiger partial charge in [0.2, 0.25) is 0 Å². The minimum atomic E-state index is -0.125. The average molecular weight is 742 g/mol. The quantitative estimate of drug-likeness (QED) is 0.127. The minimum Gasteiger partial charge on any atom is -0.457 e. The number of benzene rings is 7. The Morgan fingerprint density at radius 1 is 0.194 bits per heavy atom. The first-order valence-corrected chi connectivity index (χ1v) is 19.0. The van der Waals surface area contributed by atoms with Gasteiger partial charge in [0.15, 0.2) is 0 Å². The Labute approximate surface area is 391 Å². The predicted octanol–water partition coefficient (Wildman–Crippen LogP) is -14.9. The third-order valence-electron chi connectivity index (χ3n) is 12.1. The molecule has 0 N–H and O–H groups in total. The van der Waals surface area contributed by atoms with Crippen LogP contribution in [-0.4, -0.2) is 173 Å². The van der Waals surface area contributed by atoms with Gasteiger partial charge in [-0.25, -0.2) is 0 Å².